The maximum atomic E-state index is 12.8. The Bertz CT molecular complexity index is 620. The molecule has 0 unspecified atom stereocenters. The number of aliphatic hydroxyl groups is 1. The van der Waals surface area contributed by atoms with Gasteiger partial charge < -0.3 is 20.3 Å². The summed E-state index contributed by atoms with van der Waals surface area (Å²) in [5, 5.41) is 12.5. The average Bonchev–Trinajstić information content (AvgIpc) is 2.81. The Hall–Kier alpha value is -1.89. The maximum Gasteiger partial charge on any atom is 0.418 e. The summed E-state index contributed by atoms with van der Waals surface area (Å²) in [4.78, 5) is 4.38. The van der Waals surface area contributed by atoms with Crippen molar-refractivity contribution in [3.8, 4) is 0 Å². The van der Waals surface area contributed by atoms with E-state index in [4.69, 9.17) is 0 Å². The minimum absolute atomic E-state index is 0.138. The molecule has 0 bridgehead atoms. The third-order valence-electron chi connectivity index (χ3n) is 3.33. The molecule has 1 aromatic heterocycles. The highest BCUT2D eigenvalue weighted by Gasteiger charge is 2.34. The molecule has 1 aliphatic rings. The van der Waals surface area contributed by atoms with E-state index >= 15 is 0 Å². The van der Waals surface area contributed by atoms with Gasteiger partial charge in [0.15, 0.2) is 0 Å². The van der Waals surface area contributed by atoms with Crippen molar-refractivity contribution in [1.82, 2.24) is 4.98 Å². The highest BCUT2D eigenvalue weighted by Crippen LogP contribution is 2.41. The van der Waals surface area contributed by atoms with Crippen LogP contribution in [0.3, 0.4) is 0 Å². The minimum Gasteiger partial charge on any atom is -0.380 e. The monoisotopic (exact) mass is 271 g/mol. The number of halogens is 3. The minimum atomic E-state index is -4.38. The molecule has 3 rings (SSSR count). The Morgan fingerprint density at radius 1 is 1.32 bits per heavy atom. The van der Waals surface area contributed by atoms with Gasteiger partial charge in [-0.15, -0.1) is 0 Å². The van der Waals surface area contributed by atoms with E-state index in [2.05, 4.69) is 10.3 Å². The van der Waals surface area contributed by atoms with Crippen molar-refractivity contribution < 1.29 is 18.3 Å². The lowest BCUT2D eigenvalue weighted by molar-refractivity contribution is -0.136. The fraction of sp³-hybridized carbons (Fsp3) is 0.333. The van der Waals surface area contributed by atoms with Gasteiger partial charge in [0.05, 0.1) is 22.5 Å². The third kappa shape index (κ3) is 1.81. The van der Waals surface area contributed by atoms with Crippen molar-refractivity contribution in [3.63, 3.8) is 0 Å². The van der Waals surface area contributed by atoms with Gasteiger partial charge in [-0.1, -0.05) is 6.07 Å². The number of hydrogen-bond acceptors (Lipinski definition) is 3. The van der Waals surface area contributed by atoms with Gasteiger partial charge in [0, 0.05) is 24.7 Å². The number of aromatic nitrogens is 1. The largest absolute Gasteiger partial charge is 0.418 e. The molecule has 2 heterocycles. The van der Waals surface area contributed by atoms with E-state index in [0.29, 0.717) is 30.0 Å². The normalized spacial score (nSPS) is 15.5. The fourth-order valence-electron chi connectivity index (χ4n) is 2.45. The lowest BCUT2D eigenvalue weighted by atomic mass is 10.1. The van der Waals surface area contributed by atoms with Crippen molar-refractivity contribution in [2.45, 2.75) is 6.18 Å². The molecule has 1 aromatic carbocycles. The molecule has 4 nitrogen and oxygen atoms in total. The van der Waals surface area contributed by atoms with Gasteiger partial charge in [-0.3, -0.25) is 0 Å². The first-order valence-electron chi connectivity index (χ1n) is 5.83. The van der Waals surface area contributed by atoms with Crippen LogP contribution in [0.25, 0.3) is 10.9 Å². The Labute approximate surface area is 106 Å². The number of nitrogens with one attached hydrogen (secondary N) is 2. The van der Waals surface area contributed by atoms with Crippen molar-refractivity contribution >= 4 is 22.3 Å². The van der Waals surface area contributed by atoms with Crippen molar-refractivity contribution in [2.75, 3.05) is 30.0 Å². The highest BCUT2D eigenvalue weighted by molar-refractivity contribution is 6.00. The number of anilines is 2. The molecule has 2 aromatic rings. The molecule has 0 saturated heterocycles. The molecule has 7 heteroatoms. The first kappa shape index (κ1) is 12.2. The number of aliphatic hydroxyl groups excluding tert-OH is 1. The van der Waals surface area contributed by atoms with Gasteiger partial charge in [0.25, 0.3) is 0 Å². The second-order valence-corrected chi connectivity index (χ2v) is 4.41. The molecule has 0 fully saturated rings. The van der Waals surface area contributed by atoms with Gasteiger partial charge in [0.2, 0.25) is 0 Å². The molecule has 102 valence electrons. The first-order chi connectivity index (χ1) is 9.02. The molecular formula is C12H12F3N3O. The van der Waals surface area contributed by atoms with E-state index in [1.165, 1.54) is 6.07 Å². The Morgan fingerprint density at radius 3 is 2.79 bits per heavy atom. The number of nitrogens with zero attached hydrogens (tertiary/aromatic N) is 1. The Kier molecular flexibility index (Phi) is 2.60. The zero-order valence-electron chi connectivity index (χ0n) is 9.88. The molecule has 3 N–H and O–H groups in total. The lowest BCUT2D eigenvalue weighted by Crippen LogP contribution is -2.34. The first-order valence-corrected chi connectivity index (χ1v) is 5.83. The van der Waals surface area contributed by atoms with Gasteiger partial charge in [-0.2, -0.15) is 13.2 Å². The van der Waals surface area contributed by atoms with E-state index in [1.54, 1.807) is 11.0 Å². The predicted molar refractivity (Wildman–Crippen MR) is 66.2 cm³/mol. The van der Waals surface area contributed by atoms with Crippen LogP contribution in [-0.2, 0) is 6.18 Å². The summed E-state index contributed by atoms with van der Waals surface area (Å²) in [6.07, 6.45) is -3.40. The number of H-pyrrole nitrogens is 1. The second-order valence-electron chi connectivity index (χ2n) is 4.41. The molecule has 0 radical (unpaired) electrons. The quantitative estimate of drug-likeness (QED) is 0.746. The van der Waals surface area contributed by atoms with Crippen molar-refractivity contribution in [1.29, 1.82) is 0 Å². The van der Waals surface area contributed by atoms with Crippen LogP contribution >= 0.6 is 0 Å². The summed E-state index contributed by atoms with van der Waals surface area (Å²) in [6, 6.07) is 3.03. The highest BCUT2D eigenvalue weighted by atomic mass is 19.4. The molecule has 0 amide bonds. The van der Waals surface area contributed by atoms with Gasteiger partial charge in [-0.05, 0) is 6.07 Å². The molecule has 0 atom stereocenters. The fourth-order valence-corrected chi connectivity index (χ4v) is 2.45. The van der Waals surface area contributed by atoms with E-state index in [1.807, 2.05) is 0 Å². The Morgan fingerprint density at radius 2 is 2.11 bits per heavy atom. The summed E-state index contributed by atoms with van der Waals surface area (Å²) in [7, 11) is 0. The van der Waals surface area contributed by atoms with Gasteiger partial charge in [-0.25, -0.2) is 0 Å². The van der Waals surface area contributed by atoms with Crippen LogP contribution in [0.4, 0.5) is 24.5 Å². The summed E-state index contributed by atoms with van der Waals surface area (Å²) in [6.45, 7) is 1.03. The van der Waals surface area contributed by atoms with Crippen LogP contribution in [0.5, 0.6) is 0 Å². The summed E-state index contributed by atoms with van der Waals surface area (Å²) in [5.41, 5.74) is 1.06. The zero-order chi connectivity index (χ0) is 13.6. The van der Waals surface area contributed by atoms with Crippen LogP contribution < -0.4 is 10.2 Å². The smallest absolute Gasteiger partial charge is 0.380 e. The second kappa shape index (κ2) is 4.06. The molecule has 0 saturated carbocycles. The predicted octanol–water partition coefficient (Wildman–Crippen LogP) is 2.37. The third-order valence-corrected chi connectivity index (χ3v) is 3.33. The number of rotatable bonds is 1. The standard InChI is InChI=1S/C12H12F3N3O/c13-12(14,15)8-5-17-10-7(8)1-2-9-11(10)16-3-4-18(9)6-19/h1-2,5,16-17,19H,3-4,6H2. The summed E-state index contributed by atoms with van der Waals surface area (Å²) in [5.74, 6) is 0. The molecule has 0 spiro atoms. The molecule has 1 aliphatic heterocycles. The number of benzene rings is 1. The van der Waals surface area contributed by atoms with Crippen LogP contribution in [-0.4, -0.2) is 29.9 Å². The molecule has 0 aliphatic carbocycles. The summed E-state index contributed by atoms with van der Waals surface area (Å²) >= 11 is 0. The topological polar surface area (TPSA) is 51.3 Å². The molecule has 19 heavy (non-hydrogen) atoms. The maximum absolute atomic E-state index is 12.8. The lowest BCUT2D eigenvalue weighted by Gasteiger charge is -2.30. The van der Waals surface area contributed by atoms with Crippen molar-refractivity contribution in [2.24, 2.45) is 0 Å². The SMILES string of the molecule is OCN1CCNc2c1ccc1c(C(F)(F)F)c[nH]c21. The Balaban J connectivity index is 2.22. The number of hydrogen-bond donors (Lipinski definition) is 3. The number of alkyl halides is 3. The van der Waals surface area contributed by atoms with E-state index < -0.39 is 11.7 Å². The average molecular weight is 271 g/mol. The van der Waals surface area contributed by atoms with E-state index in [0.717, 1.165) is 6.20 Å². The van der Waals surface area contributed by atoms with Crippen LogP contribution in [0, 0.1) is 0 Å². The van der Waals surface area contributed by atoms with Gasteiger partial charge in [0.1, 0.15) is 6.73 Å². The molecular weight excluding hydrogens is 259 g/mol. The van der Waals surface area contributed by atoms with Gasteiger partial charge >= 0.3 is 6.18 Å². The number of fused-ring (bicyclic) bond motifs is 3. The van der Waals surface area contributed by atoms with E-state index in [-0.39, 0.29) is 12.1 Å². The van der Waals surface area contributed by atoms with Crippen molar-refractivity contribution in [3.05, 3.63) is 23.9 Å². The number of aromatic amines is 1. The zero-order valence-corrected chi connectivity index (χ0v) is 9.88. The van der Waals surface area contributed by atoms with E-state index in [9.17, 15) is 18.3 Å². The van der Waals surface area contributed by atoms with Crippen LogP contribution in [0.15, 0.2) is 18.3 Å². The summed E-state index contributed by atoms with van der Waals surface area (Å²) < 4.78 is 38.5. The van der Waals surface area contributed by atoms with Crippen LogP contribution in [0.1, 0.15) is 5.56 Å². The van der Waals surface area contributed by atoms with Crippen LogP contribution in [0.2, 0.25) is 0 Å².